The predicted molar refractivity (Wildman–Crippen MR) is 46.0 cm³/mol. The van der Waals surface area contributed by atoms with Crippen LogP contribution in [0.1, 0.15) is 38.5 Å². The first kappa shape index (κ1) is 7.59. The molecule has 0 radical (unpaired) electrons. The summed E-state index contributed by atoms with van der Waals surface area (Å²) in [5, 5.41) is 0. The molecule has 0 N–H and O–H groups in total. The Kier molecular flexibility index (Phi) is 4.00. The van der Waals surface area contributed by atoms with Gasteiger partial charge in [0.05, 0.1) is 0 Å². The van der Waals surface area contributed by atoms with E-state index in [0.717, 1.165) is 0 Å². The first-order valence-corrected chi connectivity index (χ1v) is 4.32. The van der Waals surface area contributed by atoms with Gasteiger partial charge in [-0.15, -0.1) is 0 Å². The minimum absolute atomic E-state index is 1.27. The molecule has 0 amide bonds. The van der Waals surface area contributed by atoms with Crippen LogP contribution in [0, 0.1) is 0 Å². The molecule has 0 bridgehead atoms. The molecule has 1 aliphatic carbocycles. The molecule has 56 valence electrons. The van der Waals surface area contributed by atoms with Gasteiger partial charge >= 0.3 is 0 Å². The van der Waals surface area contributed by atoms with Crippen LogP contribution in [-0.4, -0.2) is 0 Å². The van der Waals surface area contributed by atoms with Gasteiger partial charge in [-0.25, -0.2) is 0 Å². The second-order valence-electron chi connectivity index (χ2n) is 2.85. The summed E-state index contributed by atoms with van der Waals surface area (Å²) in [7, 11) is 0. The van der Waals surface area contributed by atoms with E-state index in [9.17, 15) is 0 Å². The highest BCUT2D eigenvalue weighted by Crippen LogP contribution is 2.07. The molecule has 0 fully saturated rings. The average molecular weight is 136 g/mol. The van der Waals surface area contributed by atoms with Crippen molar-refractivity contribution in [3.63, 3.8) is 0 Å². The summed E-state index contributed by atoms with van der Waals surface area (Å²) in [6, 6.07) is 0. The fourth-order valence-corrected chi connectivity index (χ4v) is 1.23. The third-order valence-corrected chi connectivity index (χ3v) is 1.87. The summed E-state index contributed by atoms with van der Waals surface area (Å²) >= 11 is 0. The van der Waals surface area contributed by atoms with E-state index in [1.165, 1.54) is 38.5 Å². The lowest BCUT2D eigenvalue weighted by Gasteiger charge is -1.97. The zero-order chi connectivity index (χ0) is 7.07. The zero-order valence-electron chi connectivity index (χ0n) is 6.55. The van der Waals surface area contributed by atoms with Crippen molar-refractivity contribution in [2.24, 2.45) is 0 Å². The van der Waals surface area contributed by atoms with Gasteiger partial charge in [-0.3, -0.25) is 0 Å². The molecule has 0 nitrogen and oxygen atoms in total. The van der Waals surface area contributed by atoms with Gasteiger partial charge < -0.3 is 0 Å². The molecule has 0 spiro atoms. The number of hydrogen-bond acceptors (Lipinski definition) is 0. The van der Waals surface area contributed by atoms with Crippen molar-refractivity contribution in [2.45, 2.75) is 38.5 Å². The lowest BCUT2D eigenvalue weighted by Crippen LogP contribution is -1.77. The van der Waals surface area contributed by atoms with Gasteiger partial charge in [-0.1, -0.05) is 37.1 Å². The fraction of sp³-hybridized carbons (Fsp3) is 0.600. The summed E-state index contributed by atoms with van der Waals surface area (Å²) in [5.41, 5.74) is 0. The van der Waals surface area contributed by atoms with Crippen molar-refractivity contribution in [2.75, 3.05) is 0 Å². The van der Waals surface area contributed by atoms with Crippen molar-refractivity contribution in [1.82, 2.24) is 0 Å². The molecule has 0 aromatic rings. The van der Waals surface area contributed by atoms with Gasteiger partial charge in [0.25, 0.3) is 0 Å². The molecular formula is C10H16. The lowest BCUT2D eigenvalue weighted by atomic mass is 10.1. The number of allylic oxidation sites excluding steroid dienone is 4. The van der Waals surface area contributed by atoms with E-state index in [0.29, 0.717) is 0 Å². The monoisotopic (exact) mass is 136 g/mol. The fourth-order valence-electron chi connectivity index (χ4n) is 1.23. The zero-order valence-corrected chi connectivity index (χ0v) is 6.55. The van der Waals surface area contributed by atoms with Crippen LogP contribution in [0.3, 0.4) is 0 Å². The maximum Gasteiger partial charge on any atom is -0.0348 e. The minimum Gasteiger partial charge on any atom is -0.0845 e. The van der Waals surface area contributed by atoms with Gasteiger partial charge in [0, 0.05) is 0 Å². The number of hydrogen-bond donors (Lipinski definition) is 0. The Labute approximate surface area is 63.6 Å². The van der Waals surface area contributed by atoms with Crippen molar-refractivity contribution < 1.29 is 0 Å². The Balaban J connectivity index is 2.26. The quantitative estimate of drug-likeness (QED) is 0.478. The smallest absolute Gasteiger partial charge is 0.0348 e. The molecule has 0 unspecified atom stereocenters. The normalized spacial score (nSPS) is 27.2. The summed E-state index contributed by atoms with van der Waals surface area (Å²) in [5.74, 6) is 0. The molecule has 1 rings (SSSR count). The maximum absolute atomic E-state index is 2.27. The molecule has 0 aromatic carbocycles. The highest BCUT2D eigenvalue weighted by Gasteiger charge is 1.88. The third kappa shape index (κ3) is 3.49. The van der Waals surface area contributed by atoms with Crippen LogP contribution in [0.15, 0.2) is 24.3 Å². The molecule has 1 aliphatic rings. The third-order valence-electron chi connectivity index (χ3n) is 1.87. The Morgan fingerprint density at radius 1 is 0.600 bits per heavy atom. The van der Waals surface area contributed by atoms with E-state index in [-0.39, 0.29) is 0 Å². The second-order valence-corrected chi connectivity index (χ2v) is 2.85. The van der Waals surface area contributed by atoms with Crippen LogP contribution in [0.25, 0.3) is 0 Å². The molecule has 0 heterocycles. The van der Waals surface area contributed by atoms with Crippen molar-refractivity contribution in [3.05, 3.63) is 24.3 Å². The van der Waals surface area contributed by atoms with E-state index in [2.05, 4.69) is 24.3 Å². The van der Waals surface area contributed by atoms with Crippen molar-refractivity contribution in [1.29, 1.82) is 0 Å². The standard InChI is InChI=1S/C10H16/c1-2-4-6-8-10-9-7-5-3-1/h1-4H,5-10H2/b3-1-,4-2+. The van der Waals surface area contributed by atoms with Crippen LogP contribution in [0.4, 0.5) is 0 Å². The van der Waals surface area contributed by atoms with Gasteiger partial charge in [0.2, 0.25) is 0 Å². The SMILES string of the molecule is C1=C\CCCCCC/C=C/1. The molecule has 0 aliphatic heterocycles. The van der Waals surface area contributed by atoms with Gasteiger partial charge in [-0.2, -0.15) is 0 Å². The molecule has 0 aromatic heterocycles. The molecular weight excluding hydrogens is 120 g/mol. The van der Waals surface area contributed by atoms with Crippen molar-refractivity contribution in [3.8, 4) is 0 Å². The average Bonchev–Trinajstić information content (AvgIpc) is 2.01. The second kappa shape index (κ2) is 5.28. The van der Waals surface area contributed by atoms with E-state index in [1.807, 2.05) is 0 Å². The Hall–Kier alpha value is -0.520. The topological polar surface area (TPSA) is 0 Å². The minimum atomic E-state index is 1.27. The van der Waals surface area contributed by atoms with Gasteiger partial charge in [-0.05, 0) is 25.7 Å². The first-order chi connectivity index (χ1) is 5.00. The largest absolute Gasteiger partial charge is 0.0845 e. The van der Waals surface area contributed by atoms with Crippen LogP contribution in [-0.2, 0) is 0 Å². The molecule has 0 heteroatoms. The molecule has 0 saturated heterocycles. The van der Waals surface area contributed by atoms with E-state index >= 15 is 0 Å². The molecule has 0 saturated carbocycles. The van der Waals surface area contributed by atoms with Crippen LogP contribution in [0.5, 0.6) is 0 Å². The Bertz CT molecular complexity index is 104. The van der Waals surface area contributed by atoms with E-state index in [1.54, 1.807) is 0 Å². The summed E-state index contributed by atoms with van der Waals surface area (Å²) in [6.07, 6.45) is 17.0. The highest BCUT2D eigenvalue weighted by atomic mass is 13.9. The summed E-state index contributed by atoms with van der Waals surface area (Å²) in [6.45, 7) is 0. The van der Waals surface area contributed by atoms with Crippen LogP contribution in [0.2, 0.25) is 0 Å². The van der Waals surface area contributed by atoms with Gasteiger partial charge in [0.15, 0.2) is 0 Å². The lowest BCUT2D eigenvalue weighted by molar-refractivity contribution is 0.651. The number of rotatable bonds is 0. The van der Waals surface area contributed by atoms with Crippen LogP contribution < -0.4 is 0 Å². The maximum atomic E-state index is 2.27. The predicted octanol–water partition coefficient (Wildman–Crippen LogP) is 3.45. The molecule has 10 heavy (non-hydrogen) atoms. The summed E-state index contributed by atoms with van der Waals surface area (Å²) < 4.78 is 0. The molecule has 0 atom stereocenters. The van der Waals surface area contributed by atoms with E-state index in [4.69, 9.17) is 0 Å². The Morgan fingerprint density at radius 2 is 1.10 bits per heavy atom. The van der Waals surface area contributed by atoms with Crippen molar-refractivity contribution >= 4 is 0 Å². The highest BCUT2D eigenvalue weighted by molar-refractivity contribution is 5.02. The van der Waals surface area contributed by atoms with Crippen LogP contribution >= 0.6 is 0 Å². The summed E-state index contributed by atoms with van der Waals surface area (Å²) in [4.78, 5) is 0. The first-order valence-electron chi connectivity index (χ1n) is 4.32. The van der Waals surface area contributed by atoms with Gasteiger partial charge in [0.1, 0.15) is 0 Å². The Morgan fingerprint density at radius 3 is 1.60 bits per heavy atom. The van der Waals surface area contributed by atoms with E-state index < -0.39 is 0 Å².